The van der Waals surface area contributed by atoms with Crippen molar-refractivity contribution in [2.45, 2.75) is 12.8 Å². The fourth-order valence-electron chi connectivity index (χ4n) is 2.69. The average Bonchev–Trinajstić information content (AvgIpc) is 3.22. The molecule has 6 nitrogen and oxygen atoms in total. The van der Waals surface area contributed by atoms with E-state index in [-0.39, 0.29) is 17.0 Å². The number of carbonyl (C=O) groups excluding carboxylic acids is 2. The lowest BCUT2D eigenvalue weighted by Crippen LogP contribution is -2.18. The quantitative estimate of drug-likeness (QED) is 0.494. The summed E-state index contributed by atoms with van der Waals surface area (Å²) in [5, 5.41) is 11.6. The third-order valence-corrected chi connectivity index (χ3v) is 4.06. The van der Waals surface area contributed by atoms with E-state index >= 15 is 0 Å². The summed E-state index contributed by atoms with van der Waals surface area (Å²) in [6.45, 7) is 0. The molecule has 27 heavy (non-hydrogen) atoms. The molecular weight excluding hydrogens is 346 g/mol. The van der Waals surface area contributed by atoms with Crippen LogP contribution in [0.1, 0.15) is 32.0 Å². The molecule has 0 saturated heterocycles. The molecule has 1 amide bonds. The summed E-state index contributed by atoms with van der Waals surface area (Å²) in [7, 11) is 0. The van der Waals surface area contributed by atoms with Crippen molar-refractivity contribution >= 4 is 23.3 Å². The van der Waals surface area contributed by atoms with Gasteiger partial charge in [-0.3, -0.25) is 9.59 Å². The van der Waals surface area contributed by atoms with Gasteiger partial charge in [0.1, 0.15) is 0 Å². The first kappa shape index (κ1) is 18.1. The fourth-order valence-corrected chi connectivity index (χ4v) is 2.69. The Hall–Kier alpha value is -3.67. The number of aliphatic carboxylic acids is 1. The lowest BCUT2D eigenvalue weighted by atomic mass is 10.00. The van der Waals surface area contributed by atoms with Crippen LogP contribution in [0.4, 0.5) is 5.69 Å². The molecule has 1 heterocycles. The van der Waals surface area contributed by atoms with Crippen LogP contribution in [-0.4, -0.2) is 22.8 Å². The number of carboxylic acid groups (broad SMARTS) is 1. The molecule has 2 aromatic carbocycles. The Balaban J connectivity index is 1.85. The topological polar surface area (TPSA) is 96.6 Å². The molecule has 3 aromatic rings. The van der Waals surface area contributed by atoms with Gasteiger partial charge in [0.25, 0.3) is 11.7 Å². The summed E-state index contributed by atoms with van der Waals surface area (Å²) in [6.07, 6.45) is 2.81. The first-order valence-corrected chi connectivity index (χ1v) is 8.34. The second-order valence-corrected chi connectivity index (χ2v) is 5.93. The Morgan fingerprint density at radius 1 is 0.889 bits per heavy atom. The highest BCUT2D eigenvalue weighted by Gasteiger charge is 2.21. The van der Waals surface area contributed by atoms with Crippen molar-refractivity contribution in [3.63, 3.8) is 0 Å². The Bertz CT molecular complexity index is 962. The van der Waals surface area contributed by atoms with E-state index in [1.807, 2.05) is 30.3 Å². The molecule has 0 aliphatic carbocycles. The van der Waals surface area contributed by atoms with Crippen molar-refractivity contribution in [1.29, 1.82) is 0 Å². The number of hydrogen-bond donors (Lipinski definition) is 2. The van der Waals surface area contributed by atoms with Crippen molar-refractivity contribution in [1.82, 2.24) is 0 Å². The Morgan fingerprint density at radius 2 is 1.63 bits per heavy atom. The van der Waals surface area contributed by atoms with E-state index in [9.17, 15) is 14.4 Å². The van der Waals surface area contributed by atoms with E-state index in [0.29, 0.717) is 6.42 Å². The van der Waals surface area contributed by atoms with E-state index in [4.69, 9.17) is 9.52 Å². The molecule has 0 aliphatic rings. The zero-order valence-electron chi connectivity index (χ0n) is 14.3. The van der Waals surface area contributed by atoms with E-state index in [1.54, 1.807) is 18.2 Å². The summed E-state index contributed by atoms with van der Waals surface area (Å²) < 4.78 is 5.04. The predicted molar refractivity (Wildman–Crippen MR) is 98.9 cm³/mol. The maximum atomic E-state index is 12.2. The van der Waals surface area contributed by atoms with Crippen molar-refractivity contribution in [3.05, 3.63) is 89.4 Å². The van der Waals surface area contributed by atoms with Gasteiger partial charge in [0, 0.05) is 0 Å². The molecule has 0 fully saturated rings. The smallest absolute Gasteiger partial charge is 0.377 e. The summed E-state index contributed by atoms with van der Waals surface area (Å²) in [5.41, 5.74) is 2.10. The molecule has 0 unspecified atom stereocenters. The van der Waals surface area contributed by atoms with E-state index in [2.05, 4.69) is 5.32 Å². The van der Waals surface area contributed by atoms with Gasteiger partial charge in [0.2, 0.25) is 0 Å². The number of benzene rings is 2. The number of Topliss-reactive ketones (excluding diaryl/α,β-unsaturated/α-hetero) is 1. The molecule has 0 spiro atoms. The summed E-state index contributed by atoms with van der Waals surface area (Å²) in [5.74, 6) is -3.15. The second kappa shape index (κ2) is 8.14. The molecule has 0 atom stereocenters. The number of carboxylic acids is 1. The van der Waals surface area contributed by atoms with Crippen LogP contribution in [-0.2, 0) is 17.6 Å². The number of aryl methyl sites for hydroxylation is 2. The minimum atomic E-state index is -1.58. The molecule has 3 rings (SSSR count). The van der Waals surface area contributed by atoms with Gasteiger partial charge in [-0.15, -0.1) is 0 Å². The highest BCUT2D eigenvalue weighted by Crippen LogP contribution is 2.21. The van der Waals surface area contributed by atoms with Crippen LogP contribution < -0.4 is 5.32 Å². The monoisotopic (exact) mass is 363 g/mol. The van der Waals surface area contributed by atoms with E-state index < -0.39 is 17.7 Å². The van der Waals surface area contributed by atoms with Crippen LogP contribution in [0.2, 0.25) is 0 Å². The van der Waals surface area contributed by atoms with Crippen molar-refractivity contribution in [3.8, 4) is 0 Å². The molecule has 136 valence electrons. The number of rotatable bonds is 7. The largest absolute Gasteiger partial charge is 0.475 e. The van der Waals surface area contributed by atoms with E-state index in [0.717, 1.165) is 17.5 Å². The minimum Gasteiger partial charge on any atom is -0.475 e. The van der Waals surface area contributed by atoms with Crippen molar-refractivity contribution < 1.29 is 23.9 Å². The van der Waals surface area contributed by atoms with Gasteiger partial charge in [0.15, 0.2) is 5.76 Å². The van der Waals surface area contributed by atoms with E-state index in [1.165, 1.54) is 18.4 Å². The molecule has 0 radical (unpaired) electrons. The lowest BCUT2D eigenvalue weighted by Gasteiger charge is -2.11. The number of nitrogens with one attached hydrogen (secondary N) is 1. The number of carbonyl (C=O) groups is 3. The predicted octanol–water partition coefficient (Wildman–Crippen LogP) is 3.58. The number of amides is 1. The molecule has 0 bridgehead atoms. The number of hydrogen-bond acceptors (Lipinski definition) is 4. The normalized spacial score (nSPS) is 10.4. The summed E-state index contributed by atoms with van der Waals surface area (Å²) >= 11 is 0. The summed E-state index contributed by atoms with van der Waals surface area (Å²) in [4.78, 5) is 35.3. The second-order valence-electron chi connectivity index (χ2n) is 5.93. The first-order valence-electron chi connectivity index (χ1n) is 8.34. The minimum absolute atomic E-state index is 0.0680. The first-order chi connectivity index (χ1) is 13.0. The molecule has 0 saturated carbocycles. The van der Waals surface area contributed by atoms with Crippen LogP contribution in [0.15, 0.2) is 71.3 Å². The van der Waals surface area contributed by atoms with Gasteiger partial charge >= 0.3 is 5.97 Å². The Kier molecular flexibility index (Phi) is 5.47. The summed E-state index contributed by atoms with van der Waals surface area (Å²) in [6, 6.07) is 17.7. The van der Waals surface area contributed by atoms with Gasteiger partial charge in [0.05, 0.1) is 17.5 Å². The van der Waals surface area contributed by atoms with Gasteiger partial charge in [-0.2, -0.15) is 0 Å². The number of ketones is 1. The third kappa shape index (κ3) is 4.49. The Labute approximate surface area is 155 Å². The average molecular weight is 363 g/mol. The van der Waals surface area contributed by atoms with Crippen LogP contribution in [0, 0.1) is 0 Å². The van der Waals surface area contributed by atoms with Gasteiger partial charge in [-0.05, 0) is 48.2 Å². The van der Waals surface area contributed by atoms with Crippen LogP contribution >= 0.6 is 0 Å². The van der Waals surface area contributed by atoms with Crippen molar-refractivity contribution in [2.24, 2.45) is 0 Å². The number of furan rings is 1. The highest BCUT2D eigenvalue weighted by molar-refractivity contribution is 6.41. The standard InChI is InChI=1S/C21H17NO5/c23-19(21(25)26)16-11-10-15(9-8-14-5-2-1-3-6-14)13-17(16)22-20(24)18-7-4-12-27-18/h1-7,10-13H,8-9H2,(H,22,24)(H,25,26). The highest BCUT2D eigenvalue weighted by atomic mass is 16.4. The van der Waals surface area contributed by atoms with Crippen LogP contribution in [0.5, 0.6) is 0 Å². The zero-order chi connectivity index (χ0) is 19.2. The van der Waals surface area contributed by atoms with Crippen LogP contribution in [0.25, 0.3) is 0 Å². The van der Waals surface area contributed by atoms with Gasteiger partial charge in [-0.25, -0.2) is 4.79 Å². The van der Waals surface area contributed by atoms with Crippen LogP contribution in [0.3, 0.4) is 0 Å². The molecule has 2 N–H and O–H groups in total. The van der Waals surface area contributed by atoms with Gasteiger partial charge < -0.3 is 14.8 Å². The molecule has 1 aromatic heterocycles. The zero-order valence-corrected chi connectivity index (χ0v) is 14.3. The molecule has 0 aliphatic heterocycles. The third-order valence-electron chi connectivity index (χ3n) is 4.06. The maximum Gasteiger partial charge on any atom is 0.377 e. The molecule has 6 heteroatoms. The lowest BCUT2D eigenvalue weighted by molar-refractivity contribution is -0.131. The van der Waals surface area contributed by atoms with Crippen molar-refractivity contribution in [2.75, 3.05) is 5.32 Å². The number of anilines is 1. The van der Waals surface area contributed by atoms with Gasteiger partial charge in [-0.1, -0.05) is 36.4 Å². The Morgan fingerprint density at radius 3 is 2.30 bits per heavy atom. The fraction of sp³-hybridized carbons (Fsp3) is 0.0952. The maximum absolute atomic E-state index is 12.2. The SMILES string of the molecule is O=C(O)C(=O)c1ccc(CCc2ccccc2)cc1NC(=O)c1ccco1. The molecular formula is C21H17NO5.